The number of anilines is 1. The Kier molecular flexibility index (Phi) is 5.52. The van der Waals surface area contributed by atoms with Gasteiger partial charge in [-0.05, 0) is 62.0 Å². The zero-order valence-corrected chi connectivity index (χ0v) is 16.5. The van der Waals surface area contributed by atoms with Gasteiger partial charge in [0.25, 0.3) is 0 Å². The fourth-order valence-electron chi connectivity index (χ4n) is 4.47. The first kappa shape index (κ1) is 19.8. The first-order valence-corrected chi connectivity index (χ1v) is 10.5. The van der Waals surface area contributed by atoms with Gasteiger partial charge in [0.1, 0.15) is 0 Å². The quantitative estimate of drug-likeness (QED) is 0.616. The van der Waals surface area contributed by atoms with E-state index in [1.807, 2.05) is 30.4 Å². The molecule has 0 spiro atoms. The molecule has 2 aromatic rings. The van der Waals surface area contributed by atoms with Gasteiger partial charge in [-0.15, -0.1) is 0 Å². The summed E-state index contributed by atoms with van der Waals surface area (Å²) in [6, 6.07) is 6.21. The van der Waals surface area contributed by atoms with Crippen molar-refractivity contribution in [3.63, 3.8) is 0 Å². The summed E-state index contributed by atoms with van der Waals surface area (Å²) in [6.07, 6.45) is 10.8. The Hall–Kier alpha value is -2.50. The average Bonchev–Trinajstić information content (AvgIpc) is 3.35. The number of nitrogens with zero attached hydrogens (tertiary/aromatic N) is 2. The van der Waals surface area contributed by atoms with E-state index in [9.17, 15) is 13.6 Å². The van der Waals surface area contributed by atoms with Gasteiger partial charge in [0, 0.05) is 23.9 Å². The predicted octanol–water partition coefficient (Wildman–Crippen LogP) is 6.11. The summed E-state index contributed by atoms with van der Waals surface area (Å²) < 4.78 is 29.0. The minimum Gasteiger partial charge on any atom is -0.323 e. The molecule has 6 heteroatoms. The normalized spacial score (nSPS) is 20.5. The molecule has 0 saturated heterocycles. The second kappa shape index (κ2) is 8.09. The van der Waals surface area contributed by atoms with Crippen molar-refractivity contribution < 1.29 is 13.6 Å². The minimum atomic E-state index is -2.51. The van der Waals surface area contributed by atoms with Gasteiger partial charge >= 0.3 is 0 Å². The lowest BCUT2D eigenvalue weighted by Crippen LogP contribution is -2.23. The van der Waals surface area contributed by atoms with Gasteiger partial charge in [-0.1, -0.05) is 25.5 Å². The van der Waals surface area contributed by atoms with Gasteiger partial charge in [-0.25, -0.2) is 8.78 Å². The van der Waals surface area contributed by atoms with Gasteiger partial charge in [-0.2, -0.15) is 5.10 Å². The summed E-state index contributed by atoms with van der Waals surface area (Å²) in [5, 5.41) is 8.65. The molecule has 29 heavy (non-hydrogen) atoms. The summed E-state index contributed by atoms with van der Waals surface area (Å²) in [4.78, 5) is 11.7. The highest BCUT2D eigenvalue weighted by Gasteiger charge is 2.34. The van der Waals surface area contributed by atoms with Crippen LogP contribution in [0.1, 0.15) is 63.1 Å². The molecule has 0 aliphatic heterocycles. The Morgan fingerprint density at radius 1 is 1.21 bits per heavy atom. The number of carbonyl (C=O) groups excluding carboxylic acids is 1. The predicted molar refractivity (Wildman–Crippen MR) is 112 cm³/mol. The number of amides is 1. The van der Waals surface area contributed by atoms with E-state index in [1.54, 1.807) is 0 Å². The molecule has 154 valence electrons. The van der Waals surface area contributed by atoms with Gasteiger partial charge in [0.15, 0.2) is 0 Å². The first-order chi connectivity index (χ1) is 13.9. The molecule has 1 amide bonds. The Bertz CT molecular complexity index is 931. The zero-order chi connectivity index (χ0) is 20.4. The van der Waals surface area contributed by atoms with E-state index in [0.717, 1.165) is 29.4 Å². The highest BCUT2D eigenvalue weighted by atomic mass is 19.3. The maximum absolute atomic E-state index is 13.4. The van der Waals surface area contributed by atoms with Crippen LogP contribution in [0, 0.1) is 5.92 Å². The molecule has 2 fully saturated rings. The van der Waals surface area contributed by atoms with Crippen molar-refractivity contribution in [2.24, 2.45) is 5.92 Å². The number of benzene rings is 1. The summed E-state index contributed by atoms with van der Waals surface area (Å²) in [6.45, 7) is 3.49. The standard InChI is InChI=1S/C23H27F2N3O/c1-2-22(29)26-17-8-10-21-19(15-17)20(27-28(21)18-5-3-4-6-18)9-7-16-11-13-23(24,25)14-12-16/h2,7-10,15-16,18H,1,3-6,11-14H2,(H,26,29)/b9-7+. The average molecular weight is 399 g/mol. The molecule has 4 rings (SSSR count). The molecule has 2 saturated carbocycles. The smallest absolute Gasteiger partial charge is 0.248 e. The number of hydrogen-bond acceptors (Lipinski definition) is 2. The third-order valence-corrected chi connectivity index (χ3v) is 6.15. The molecule has 1 aromatic heterocycles. The summed E-state index contributed by atoms with van der Waals surface area (Å²) in [5.74, 6) is -2.61. The number of fused-ring (bicyclic) bond motifs is 1. The molecule has 1 aromatic carbocycles. The topological polar surface area (TPSA) is 46.9 Å². The molecule has 2 aliphatic rings. The summed E-state index contributed by atoms with van der Waals surface area (Å²) in [5.41, 5.74) is 2.57. The Morgan fingerprint density at radius 2 is 1.93 bits per heavy atom. The number of alkyl halides is 2. The molecule has 0 bridgehead atoms. The number of carbonyl (C=O) groups is 1. The van der Waals surface area contributed by atoms with Gasteiger partial charge in [-0.3, -0.25) is 9.48 Å². The highest BCUT2D eigenvalue weighted by molar-refractivity contribution is 6.01. The number of aromatic nitrogens is 2. The monoisotopic (exact) mass is 399 g/mol. The van der Waals surface area contributed by atoms with Crippen molar-refractivity contribution >= 4 is 28.6 Å². The maximum atomic E-state index is 13.4. The molecular formula is C23H27F2N3O. The Morgan fingerprint density at radius 3 is 2.62 bits per heavy atom. The second-order valence-electron chi connectivity index (χ2n) is 8.25. The minimum absolute atomic E-state index is 0.0446. The molecular weight excluding hydrogens is 372 g/mol. The van der Waals surface area contributed by atoms with E-state index in [0.29, 0.717) is 24.6 Å². The van der Waals surface area contributed by atoms with E-state index >= 15 is 0 Å². The number of allylic oxidation sites excluding steroid dienone is 1. The fraction of sp³-hybridized carbons (Fsp3) is 0.478. The first-order valence-electron chi connectivity index (χ1n) is 10.5. The van der Waals surface area contributed by atoms with Gasteiger partial charge < -0.3 is 5.32 Å². The summed E-state index contributed by atoms with van der Waals surface area (Å²) >= 11 is 0. The van der Waals surface area contributed by atoms with Crippen molar-refractivity contribution in [3.8, 4) is 0 Å². The van der Waals surface area contributed by atoms with Crippen LogP contribution in [0.3, 0.4) is 0 Å². The molecule has 0 atom stereocenters. The van der Waals surface area contributed by atoms with Crippen molar-refractivity contribution in [1.29, 1.82) is 0 Å². The van der Waals surface area contributed by atoms with Crippen LogP contribution < -0.4 is 5.32 Å². The van der Waals surface area contributed by atoms with Crippen molar-refractivity contribution in [2.75, 3.05) is 5.32 Å². The van der Waals surface area contributed by atoms with Crippen molar-refractivity contribution in [1.82, 2.24) is 9.78 Å². The van der Waals surface area contributed by atoms with Crippen LogP contribution in [0.2, 0.25) is 0 Å². The van der Waals surface area contributed by atoms with Crippen LogP contribution in [0.4, 0.5) is 14.5 Å². The lowest BCUT2D eigenvalue weighted by molar-refractivity contribution is -0.111. The number of hydrogen-bond donors (Lipinski definition) is 1. The molecule has 1 N–H and O–H groups in total. The molecule has 0 radical (unpaired) electrons. The van der Waals surface area contributed by atoms with Gasteiger partial charge in [0.2, 0.25) is 11.8 Å². The molecule has 1 heterocycles. The number of halogens is 2. The SMILES string of the molecule is C=CC(=O)Nc1ccc2c(c1)c(/C=C/C1CCC(F)(F)CC1)nn2C1CCCC1. The lowest BCUT2D eigenvalue weighted by atomic mass is 9.86. The van der Waals surface area contributed by atoms with Crippen LogP contribution in [0.5, 0.6) is 0 Å². The largest absolute Gasteiger partial charge is 0.323 e. The third kappa shape index (κ3) is 4.41. The maximum Gasteiger partial charge on any atom is 0.248 e. The fourth-order valence-corrected chi connectivity index (χ4v) is 4.47. The number of nitrogens with one attached hydrogen (secondary N) is 1. The van der Waals surface area contributed by atoms with Gasteiger partial charge in [0.05, 0.1) is 17.3 Å². The Labute approximate surface area is 169 Å². The van der Waals surface area contributed by atoms with Crippen molar-refractivity contribution in [2.45, 2.75) is 63.3 Å². The molecule has 4 nitrogen and oxygen atoms in total. The van der Waals surface area contributed by atoms with E-state index in [2.05, 4.69) is 16.6 Å². The molecule has 2 aliphatic carbocycles. The van der Waals surface area contributed by atoms with Crippen molar-refractivity contribution in [3.05, 3.63) is 42.6 Å². The van der Waals surface area contributed by atoms with Crippen LogP contribution in [-0.4, -0.2) is 21.6 Å². The second-order valence-corrected chi connectivity index (χ2v) is 8.25. The van der Waals surface area contributed by atoms with Crippen LogP contribution >= 0.6 is 0 Å². The van der Waals surface area contributed by atoms with Crippen LogP contribution in [0.15, 0.2) is 36.9 Å². The zero-order valence-electron chi connectivity index (χ0n) is 16.5. The number of rotatable bonds is 5. The third-order valence-electron chi connectivity index (χ3n) is 6.15. The highest BCUT2D eigenvalue weighted by Crippen LogP contribution is 2.38. The van der Waals surface area contributed by atoms with Crippen LogP contribution in [-0.2, 0) is 4.79 Å². The van der Waals surface area contributed by atoms with E-state index in [4.69, 9.17) is 5.10 Å². The molecule has 0 unspecified atom stereocenters. The van der Waals surface area contributed by atoms with E-state index < -0.39 is 5.92 Å². The van der Waals surface area contributed by atoms with Crippen LogP contribution in [0.25, 0.3) is 17.0 Å². The summed E-state index contributed by atoms with van der Waals surface area (Å²) in [7, 11) is 0. The Balaban J connectivity index is 1.65. The van der Waals surface area contributed by atoms with E-state index in [1.165, 1.54) is 18.9 Å². The van der Waals surface area contributed by atoms with E-state index in [-0.39, 0.29) is 24.7 Å². The lowest BCUT2D eigenvalue weighted by Gasteiger charge is -2.26.